The summed E-state index contributed by atoms with van der Waals surface area (Å²) in [4.78, 5) is 38.1. The maximum atomic E-state index is 11.8. The summed E-state index contributed by atoms with van der Waals surface area (Å²) in [6.07, 6.45) is 2.20. The van der Waals surface area contributed by atoms with Gasteiger partial charge in [0.15, 0.2) is 20.6 Å². The molecule has 2 heterocycles. The van der Waals surface area contributed by atoms with Crippen LogP contribution >= 0.6 is 46.4 Å². The Kier molecular flexibility index (Phi) is 5.30. The minimum atomic E-state index is -1.09. The van der Waals surface area contributed by atoms with E-state index in [4.69, 9.17) is 46.4 Å². The Morgan fingerprint density at radius 2 is 0.955 bits per heavy atom. The summed E-state index contributed by atoms with van der Waals surface area (Å²) >= 11 is 23.0. The van der Waals surface area contributed by atoms with Gasteiger partial charge in [0, 0.05) is 0 Å². The van der Waals surface area contributed by atoms with E-state index >= 15 is 0 Å². The van der Waals surface area contributed by atoms with Crippen molar-refractivity contribution in [3.05, 3.63) is 33.3 Å². The van der Waals surface area contributed by atoms with Crippen LogP contribution < -0.4 is 10.6 Å². The third-order valence-electron chi connectivity index (χ3n) is 2.19. The molecule has 2 N–H and O–H groups in total. The van der Waals surface area contributed by atoms with Gasteiger partial charge in [0.25, 0.3) is 0 Å². The molecule has 0 spiro atoms. The number of nitrogens with zero attached hydrogens (tertiary/aromatic N) is 4. The molecule has 0 saturated carbocycles. The number of carbonyl (C=O) groups excluding carboxylic acids is 2. The van der Waals surface area contributed by atoms with E-state index in [2.05, 4.69) is 30.6 Å². The van der Waals surface area contributed by atoms with Gasteiger partial charge in [-0.3, -0.25) is 9.59 Å². The average Bonchev–Trinajstić information content (AvgIpc) is 2.46. The van der Waals surface area contributed by atoms with Crippen LogP contribution in [-0.4, -0.2) is 31.8 Å². The van der Waals surface area contributed by atoms with E-state index < -0.39 is 11.8 Å². The van der Waals surface area contributed by atoms with E-state index in [1.165, 1.54) is 0 Å². The predicted octanol–water partition coefficient (Wildman–Crippen LogP) is 2.46. The summed E-state index contributed by atoms with van der Waals surface area (Å²) in [5, 5.41) is 3.84. The van der Waals surface area contributed by atoms with Gasteiger partial charge in [-0.05, 0) is 0 Å². The van der Waals surface area contributed by atoms with Gasteiger partial charge in [0.1, 0.15) is 24.0 Å². The summed E-state index contributed by atoms with van der Waals surface area (Å²) in [6.45, 7) is 0. The zero-order chi connectivity index (χ0) is 16.3. The second kappa shape index (κ2) is 7.01. The van der Waals surface area contributed by atoms with Gasteiger partial charge in [-0.2, -0.15) is 0 Å². The molecule has 0 aliphatic heterocycles. The lowest BCUT2D eigenvalue weighted by atomic mass is 10.4. The van der Waals surface area contributed by atoms with E-state index in [9.17, 15) is 9.59 Å². The largest absolute Gasteiger partial charge is 0.314 e. The van der Waals surface area contributed by atoms with Crippen molar-refractivity contribution in [3.8, 4) is 0 Å². The Morgan fingerprint density at radius 1 is 0.682 bits per heavy atom. The molecular formula is C10H4Cl4N6O2. The number of anilines is 2. The number of hydrogen-bond donors (Lipinski definition) is 2. The monoisotopic (exact) mass is 380 g/mol. The minimum absolute atomic E-state index is 0.104. The van der Waals surface area contributed by atoms with Crippen molar-refractivity contribution in [1.82, 2.24) is 19.9 Å². The predicted molar refractivity (Wildman–Crippen MR) is 81.4 cm³/mol. The second-order valence-corrected chi connectivity index (χ2v) is 5.00. The van der Waals surface area contributed by atoms with Gasteiger partial charge < -0.3 is 10.6 Å². The number of halogens is 4. The van der Waals surface area contributed by atoms with Crippen LogP contribution in [0.25, 0.3) is 0 Å². The van der Waals surface area contributed by atoms with Gasteiger partial charge in [0.05, 0.1) is 0 Å². The molecule has 2 aromatic rings. The molecule has 2 amide bonds. The quantitative estimate of drug-likeness (QED) is 0.610. The van der Waals surface area contributed by atoms with Crippen LogP contribution in [0.2, 0.25) is 20.6 Å². The molecule has 114 valence electrons. The number of hydrogen-bond acceptors (Lipinski definition) is 6. The van der Waals surface area contributed by atoms with Crippen LogP contribution in [0.3, 0.4) is 0 Å². The zero-order valence-electron chi connectivity index (χ0n) is 10.3. The normalized spacial score (nSPS) is 10.2. The smallest absolute Gasteiger partial charge is 0.313 e. The Bertz CT molecular complexity index is 652. The SMILES string of the molecule is O=C(Nc1c(Cl)ncnc1Cl)C(=O)Nc1c(Cl)ncnc1Cl. The number of rotatable bonds is 2. The van der Waals surface area contributed by atoms with Crippen molar-refractivity contribution in [2.24, 2.45) is 0 Å². The van der Waals surface area contributed by atoms with Gasteiger partial charge in [-0.1, -0.05) is 46.4 Å². The molecule has 22 heavy (non-hydrogen) atoms. The molecule has 0 aliphatic rings. The molecule has 2 rings (SSSR count). The molecule has 12 heteroatoms. The highest BCUT2D eigenvalue weighted by Crippen LogP contribution is 2.27. The first-order chi connectivity index (χ1) is 10.4. The molecule has 0 saturated heterocycles. The first-order valence-electron chi connectivity index (χ1n) is 5.34. The van der Waals surface area contributed by atoms with Gasteiger partial charge in [-0.25, -0.2) is 19.9 Å². The lowest BCUT2D eigenvalue weighted by molar-refractivity contribution is -0.133. The van der Waals surface area contributed by atoms with Crippen molar-refractivity contribution in [2.45, 2.75) is 0 Å². The highest BCUT2D eigenvalue weighted by Gasteiger charge is 2.20. The van der Waals surface area contributed by atoms with Crippen molar-refractivity contribution < 1.29 is 9.59 Å². The lowest BCUT2D eigenvalue weighted by Gasteiger charge is -2.09. The van der Waals surface area contributed by atoms with Crippen LogP contribution in [-0.2, 0) is 9.59 Å². The van der Waals surface area contributed by atoms with Crippen molar-refractivity contribution in [2.75, 3.05) is 10.6 Å². The highest BCUT2D eigenvalue weighted by atomic mass is 35.5. The fraction of sp³-hybridized carbons (Fsp3) is 0. The molecule has 8 nitrogen and oxygen atoms in total. The van der Waals surface area contributed by atoms with E-state index in [1.807, 2.05) is 0 Å². The number of aromatic nitrogens is 4. The van der Waals surface area contributed by atoms with E-state index in [0.29, 0.717) is 0 Å². The molecule has 0 unspecified atom stereocenters. The fourth-order valence-corrected chi connectivity index (χ4v) is 2.05. The first-order valence-corrected chi connectivity index (χ1v) is 6.85. The summed E-state index contributed by atoms with van der Waals surface area (Å²) in [5.74, 6) is -2.18. The first kappa shape index (κ1) is 16.6. The van der Waals surface area contributed by atoms with E-state index in [1.54, 1.807) is 0 Å². The topological polar surface area (TPSA) is 110 Å². The van der Waals surface area contributed by atoms with Crippen LogP contribution in [0.15, 0.2) is 12.7 Å². The summed E-state index contributed by atoms with van der Waals surface area (Å²) in [6, 6.07) is 0. The molecule has 0 aromatic carbocycles. The summed E-state index contributed by atoms with van der Waals surface area (Å²) in [7, 11) is 0. The molecular weight excluding hydrogens is 378 g/mol. The number of carbonyl (C=O) groups is 2. The van der Waals surface area contributed by atoms with Crippen LogP contribution in [0.4, 0.5) is 11.4 Å². The fourth-order valence-electron chi connectivity index (χ4n) is 1.24. The Hall–Kier alpha value is -1.74. The lowest BCUT2D eigenvalue weighted by Crippen LogP contribution is -2.29. The van der Waals surface area contributed by atoms with Crippen molar-refractivity contribution in [3.63, 3.8) is 0 Å². The van der Waals surface area contributed by atoms with Crippen LogP contribution in [0.1, 0.15) is 0 Å². The van der Waals surface area contributed by atoms with E-state index in [-0.39, 0.29) is 32.0 Å². The molecule has 2 aromatic heterocycles. The molecule has 0 fully saturated rings. The van der Waals surface area contributed by atoms with Gasteiger partial charge in [-0.15, -0.1) is 0 Å². The molecule has 0 bridgehead atoms. The third-order valence-corrected chi connectivity index (χ3v) is 3.34. The third kappa shape index (κ3) is 3.72. The molecule has 0 aliphatic carbocycles. The van der Waals surface area contributed by atoms with Crippen molar-refractivity contribution >= 4 is 69.6 Å². The standard InChI is InChI=1S/C10H4Cl4N6O2/c11-5-3(6(12)16-1-15-5)19-9(21)10(22)20-4-7(13)17-2-18-8(4)14/h1-2H,(H,19,21)(H,20,22). The highest BCUT2D eigenvalue weighted by molar-refractivity contribution is 6.48. The molecule has 0 radical (unpaired) electrons. The Labute approximate surface area is 143 Å². The van der Waals surface area contributed by atoms with E-state index in [0.717, 1.165) is 12.7 Å². The minimum Gasteiger partial charge on any atom is -0.313 e. The maximum absolute atomic E-state index is 11.8. The number of amides is 2. The van der Waals surface area contributed by atoms with Gasteiger partial charge in [0.2, 0.25) is 0 Å². The Morgan fingerprint density at radius 3 is 1.23 bits per heavy atom. The summed E-state index contributed by atoms with van der Waals surface area (Å²) in [5.41, 5.74) is -0.208. The number of nitrogens with one attached hydrogen (secondary N) is 2. The van der Waals surface area contributed by atoms with Crippen LogP contribution in [0, 0.1) is 0 Å². The Balaban J connectivity index is 2.15. The average molecular weight is 382 g/mol. The van der Waals surface area contributed by atoms with Crippen molar-refractivity contribution in [1.29, 1.82) is 0 Å². The summed E-state index contributed by atoms with van der Waals surface area (Å²) < 4.78 is 0. The molecule has 0 atom stereocenters. The zero-order valence-corrected chi connectivity index (χ0v) is 13.3. The maximum Gasteiger partial charge on any atom is 0.314 e. The second-order valence-electron chi connectivity index (χ2n) is 3.57. The van der Waals surface area contributed by atoms with Gasteiger partial charge >= 0.3 is 11.8 Å². The van der Waals surface area contributed by atoms with Crippen LogP contribution in [0.5, 0.6) is 0 Å².